The van der Waals surface area contributed by atoms with E-state index in [0.29, 0.717) is 28.1 Å². The van der Waals surface area contributed by atoms with Crippen LogP contribution < -0.4 is 25.4 Å². The number of amides is 1. The molecule has 1 amide bonds. The standard InChI is InChI=1S/C19H20N4O3S/c1-11-16(18(24)22-15-6-4-5-9-20-15)17(23-19(27)21-11)13-10-12(25-2)7-8-14(13)26-3/h4-10,16-17H,1H2,2-3H3,(H,20,22,24)(H2,21,23,27). The zero-order chi connectivity index (χ0) is 19.4. The van der Waals surface area contributed by atoms with Crippen LogP contribution in [0.25, 0.3) is 0 Å². The molecule has 1 aliphatic heterocycles. The van der Waals surface area contributed by atoms with Crippen molar-refractivity contribution < 1.29 is 14.3 Å². The number of hydrogen-bond acceptors (Lipinski definition) is 5. The second kappa shape index (κ2) is 8.05. The third kappa shape index (κ3) is 4.01. The number of carbonyl (C=O) groups is 1. The highest BCUT2D eigenvalue weighted by atomic mass is 32.1. The minimum atomic E-state index is -0.653. The Morgan fingerprint density at radius 1 is 1.26 bits per heavy atom. The number of nitrogens with one attached hydrogen (secondary N) is 3. The first-order valence-electron chi connectivity index (χ1n) is 8.23. The van der Waals surface area contributed by atoms with Gasteiger partial charge in [-0.2, -0.15) is 0 Å². The summed E-state index contributed by atoms with van der Waals surface area (Å²) in [6.45, 7) is 3.99. The second-order valence-corrected chi connectivity index (χ2v) is 6.30. The lowest BCUT2D eigenvalue weighted by Crippen LogP contribution is -2.51. The average Bonchev–Trinajstić information content (AvgIpc) is 2.67. The van der Waals surface area contributed by atoms with Crippen molar-refractivity contribution in [2.24, 2.45) is 5.92 Å². The Labute approximate surface area is 162 Å². The molecule has 1 saturated heterocycles. The van der Waals surface area contributed by atoms with Gasteiger partial charge >= 0.3 is 0 Å². The third-order valence-electron chi connectivity index (χ3n) is 4.24. The summed E-state index contributed by atoms with van der Waals surface area (Å²) in [5.41, 5.74) is 1.23. The van der Waals surface area contributed by atoms with E-state index in [9.17, 15) is 4.79 Å². The fourth-order valence-electron chi connectivity index (χ4n) is 2.98. The second-order valence-electron chi connectivity index (χ2n) is 5.89. The Morgan fingerprint density at radius 2 is 2.07 bits per heavy atom. The molecule has 1 fully saturated rings. The summed E-state index contributed by atoms with van der Waals surface area (Å²) in [6.07, 6.45) is 1.61. The van der Waals surface area contributed by atoms with Crippen LogP contribution in [0.4, 0.5) is 5.82 Å². The summed E-state index contributed by atoms with van der Waals surface area (Å²) in [5.74, 6) is 0.795. The van der Waals surface area contributed by atoms with Crippen LogP contribution in [0.15, 0.2) is 54.9 Å². The SMILES string of the molecule is C=C1NC(=S)NC(c2cc(OC)ccc2OC)C1C(=O)Nc1ccccn1. The fraction of sp³-hybridized carbons (Fsp3) is 0.211. The molecule has 0 spiro atoms. The lowest BCUT2D eigenvalue weighted by molar-refractivity contribution is -0.119. The zero-order valence-electron chi connectivity index (χ0n) is 15.0. The zero-order valence-corrected chi connectivity index (χ0v) is 15.8. The van der Waals surface area contributed by atoms with Crippen LogP contribution in [0.3, 0.4) is 0 Å². The highest BCUT2D eigenvalue weighted by Gasteiger charge is 2.38. The number of methoxy groups -OCH3 is 2. The van der Waals surface area contributed by atoms with E-state index in [1.54, 1.807) is 50.7 Å². The predicted molar refractivity (Wildman–Crippen MR) is 107 cm³/mol. The summed E-state index contributed by atoms with van der Waals surface area (Å²) in [7, 11) is 3.15. The molecule has 2 aromatic rings. The molecule has 2 unspecified atom stereocenters. The summed E-state index contributed by atoms with van der Waals surface area (Å²) in [6, 6.07) is 10.2. The Balaban J connectivity index is 1.98. The van der Waals surface area contributed by atoms with Crippen molar-refractivity contribution in [3.63, 3.8) is 0 Å². The van der Waals surface area contributed by atoms with Gasteiger partial charge in [-0.15, -0.1) is 0 Å². The third-order valence-corrected chi connectivity index (χ3v) is 4.46. The molecule has 0 aliphatic carbocycles. The number of pyridine rings is 1. The normalized spacial score (nSPS) is 18.9. The maximum atomic E-state index is 13.0. The molecular weight excluding hydrogens is 364 g/mol. The van der Waals surface area contributed by atoms with E-state index in [0.717, 1.165) is 5.56 Å². The maximum Gasteiger partial charge on any atom is 0.237 e. The number of thiocarbonyl (C=S) groups is 1. The maximum absolute atomic E-state index is 13.0. The Hall–Kier alpha value is -3.13. The molecule has 1 aromatic carbocycles. The van der Waals surface area contributed by atoms with Crippen LogP contribution in [0.1, 0.15) is 11.6 Å². The van der Waals surface area contributed by atoms with Gasteiger partial charge in [-0.1, -0.05) is 12.6 Å². The van der Waals surface area contributed by atoms with Crippen molar-refractivity contribution in [1.29, 1.82) is 0 Å². The number of hydrogen-bond donors (Lipinski definition) is 3. The van der Waals surface area contributed by atoms with E-state index in [-0.39, 0.29) is 5.91 Å². The van der Waals surface area contributed by atoms with Gasteiger partial charge in [-0.25, -0.2) is 4.98 Å². The monoisotopic (exact) mass is 384 g/mol. The first-order valence-corrected chi connectivity index (χ1v) is 8.64. The Morgan fingerprint density at radius 3 is 2.74 bits per heavy atom. The fourth-order valence-corrected chi connectivity index (χ4v) is 3.23. The van der Waals surface area contributed by atoms with Crippen molar-refractivity contribution in [2.75, 3.05) is 19.5 Å². The van der Waals surface area contributed by atoms with E-state index in [4.69, 9.17) is 21.7 Å². The van der Waals surface area contributed by atoms with Crippen molar-refractivity contribution in [1.82, 2.24) is 15.6 Å². The highest BCUT2D eigenvalue weighted by Crippen LogP contribution is 2.37. The molecule has 7 nitrogen and oxygen atoms in total. The van der Waals surface area contributed by atoms with Crippen molar-refractivity contribution in [3.05, 3.63) is 60.4 Å². The van der Waals surface area contributed by atoms with E-state index in [1.165, 1.54) is 0 Å². The highest BCUT2D eigenvalue weighted by molar-refractivity contribution is 7.80. The van der Waals surface area contributed by atoms with E-state index >= 15 is 0 Å². The number of rotatable bonds is 5. The number of ether oxygens (including phenoxy) is 2. The predicted octanol–water partition coefficient (Wildman–Crippen LogP) is 2.39. The smallest absolute Gasteiger partial charge is 0.237 e. The molecular formula is C19H20N4O3S. The number of aromatic nitrogens is 1. The minimum Gasteiger partial charge on any atom is -0.497 e. The summed E-state index contributed by atoms with van der Waals surface area (Å²) in [4.78, 5) is 17.2. The molecule has 1 aromatic heterocycles. The molecule has 27 heavy (non-hydrogen) atoms. The van der Waals surface area contributed by atoms with Crippen molar-refractivity contribution in [2.45, 2.75) is 6.04 Å². The molecule has 0 radical (unpaired) electrons. The number of benzene rings is 1. The Bertz CT molecular complexity index is 873. The van der Waals surface area contributed by atoms with Crippen LogP contribution >= 0.6 is 12.2 Å². The number of nitrogens with zero attached hydrogens (tertiary/aromatic N) is 1. The molecule has 2 atom stereocenters. The summed E-state index contributed by atoms with van der Waals surface area (Å²) in [5, 5.41) is 9.29. The number of carbonyl (C=O) groups excluding carboxylic acids is 1. The summed E-state index contributed by atoms with van der Waals surface area (Å²) >= 11 is 5.27. The lowest BCUT2D eigenvalue weighted by atomic mass is 9.87. The van der Waals surface area contributed by atoms with E-state index in [2.05, 4.69) is 27.5 Å². The van der Waals surface area contributed by atoms with Crippen LogP contribution in [-0.2, 0) is 4.79 Å². The first-order chi connectivity index (χ1) is 13.0. The van der Waals surface area contributed by atoms with E-state index < -0.39 is 12.0 Å². The van der Waals surface area contributed by atoms with Gasteiger partial charge in [0.15, 0.2) is 5.11 Å². The average molecular weight is 384 g/mol. The van der Waals surface area contributed by atoms with Gasteiger partial charge in [0.05, 0.1) is 20.3 Å². The van der Waals surface area contributed by atoms with Crippen LogP contribution in [0.5, 0.6) is 11.5 Å². The first kappa shape index (κ1) is 18.7. The van der Waals surface area contributed by atoms with Gasteiger partial charge in [0.1, 0.15) is 23.2 Å². The van der Waals surface area contributed by atoms with Crippen molar-refractivity contribution in [3.8, 4) is 11.5 Å². The van der Waals surface area contributed by atoms with Gasteiger partial charge in [-0.3, -0.25) is 4.79 Å². The molecule has 3 rings (SSSR count). The number of anilines is 1. The largest absolute Gasteiger partial charge is 0.497 e. The molecule has 0 bridgehead atoms. The summed E-state index contributed by atoms with van der Waals surface area (Å²) < 4.78 is 10.8. The Kier molecular flexibility index (Phi) is 5.56. The topological polar surface area (TPSA) is 84.5 Å². The van der Waals surface area contributed by atoms with Crippen LogP contribution in [0.2, 0.25) is 0 Å². The molecule has 3 N–H and O–H groups in total. The van der Waals surface area contributed by atoms with Gasteiger partial charge in [-0.05, 0) is 42.5 Å². The molecule has 2 heterocycles. The van der Waals surface area contributed by atoms with Gasteiger partial charge in [0.25, 0.3) is 0 Å². The van der Waals surface area contributed by atoms with E-state index in [1.807, 2.05) is 6.07 Å². The lowest BCUT2D eigenvalue weighted by Gasteiger charge is -2.36. The minimum absolute atomic E-state index is 0.268. The quantitative estimate of drug-likeness (QED) is 0.683. The molecule has 0 saturated carbocycles. The van der Waals surface area contributed by atoms with Gasteiger partial charge in [0.2, 0.25) is 5.91 Å². The molecule has 140 valence electrons. The molecule has 8 heteroatoms. The molecule has 1 aliphatic rings. The van der Waals surface area contributed by atoms with Crippen LogP contribution in [-0.4, -0.2) is 30.2 Å². The van der Waals surface area contributed by atoms with Gasteiger partial charge < -0.3 is 25.4 Å². The van der Waals surface area contributed by atoms with Crippen LogP contribution in [0, 0.1) is 5.92 Å². The van der Waals surface area contributed by atoms with Crippen molar-refractivity contribution >= 4 is 29.1 Å². The van der Waals surface area contributed by atoms with Gasteiger partial charge in [0, 0.05) is 17.5 Å².